The number of rotatable bonds is 6. The summed E-state index contributed by atoms with van der Waals surface area (Å²) in [5, 5.41) is 2.79. The van der Waals surface area contributed by atoms with Gasteiger partial charge in [-0.1, -0.05) is 6.92 Å². The van der Waals surface area contributed by atoms with Gasteiger partial charge in [0.1, 0.15) is 5.75 Å². The number of carbonyl (C=O) groups excluding carboxylic acids is 1. The van der Waals surface area contributed by atoms with Crippen LogP contribution in [0.2, 0.25) is 0 Å². The molecule has 0 aliphatic carbocycles. The fourth-order valence-corrected chi connectivity index (χ4v) is 1.54. The fraction of sp³-hybridized carbons (Fsp3) is 0.500. The minimum Gasteiger partial charge on any atom is -0.479 e. The number of anilines is 2. The first-order valence-electron chi connectivity index (χ1n) is 6.47. The van der Waals surface area contributed by atoms with E-state index >= 15 is 0 Å². The second-order valence-corrected chi connectivity index (χ2v) is 4.67. The van der Waals surface area contributed by atoms with Crippen LogP contribution in [0.15, 0.2) is 18.2 Å². The highest BCUT2D eigenvalue weighted by Gasteiger charge is 2.15. The molecule has 1 amide bonds. The largest absolute Gasteiger partial charge is 0.479 e. The Hall–Kier alpha value is -1.91. The van der Waals surface area contributed by atoms with Gasteiger partial charge in [-0.25, -0.2) is 0 Å². The van der Waals surface area contributed by atoms with E-state index in [2.05, 4.69) is 5.32 Å². The Labute approximate surface area is 114 Å². The second-order valence-electron chi connectivity index (χ2n) is 4.67. The van der Waals surface area contributed by atoms with Crippen LogP contribution in [0.1, 0.15) is 20.3 Å². The van der Waals surface area contributed by atoms with Crippen molar-refractivity contribution >= 4 is 17.3 Å². The lowest BCUT2D eigenvalue weighted by Crippen LogP contribution is -2.36. The predicted octanol–water partition coefficient (Wildman–Crippen LogP) is 1.63. The molecule has 1 aromatic rings. The van der Waals surface area contributed by atoms with Crippen LogP contribution in [0.3, 0.4) is 0 Å². The van der Waals surface area contributed by atoms with E-state index in [1.165, 1.54) is 0 Å². The van der Waals surface area contributed by atoms with Gasteiger partial charge in [0.15, 0.2) is 6.10 Å². The molecule has 5 heteroatoms. The van der Waals surface area contributed by atoms with Crippen LogP contribution in [-0.2, 0) is 4.79 Å². The summed E-state index contributed by atoms with van der Waals surface area (Å²) in [5.41, 5.74) is 7.37. The minimum atomic E-state index is -0.564. The van der Waals surface area contributed by atoms with Crippen LogP contribution >= 0.6 is 0 Å². The maximum atomic E-state index is 11.7. The van der Waals surface area contributed by atoms with Crippen LogP contribution in [-0.4, -0.2) is 32.7 Å². The molecule has 0 aliphatic rings. The molecule has 0 heterocycles. The second kappa shape index (κ2) is 6.87. The highest BCUT2D eigenvalue weighted by Crippen LogP contribution is 2.27. The van der Waals surface area contributed by atoms with Gasteiger partial charge >= 0.3 is 0 Å². The van der Waals surface area contributed by atoms with Gasteiger partial charge in [-0.2, -0.15) is 0 Å². The van der Waals surface area contributed by atoms with Crippen molar-refractivity contribution in [2.24, 2.45) is 0 Å². The number of nitrogens with zero attached hydrogens (tertiary/aromatic N) is 1. The monoisotopic (exact) mass is 265 g/mol. The van der Waals surface area contributed by atoms with Gasteiger partial charge in [-0.15, -0.1) is 0 Å². The minimum absolute atomic E-state index is 0.128. The van der Waals surface area contributed by atoms with E-state index in [-0.39, 0.29) is 5.91 Å². The molecule has 0 aromatic heterocycles. The quantitative estimate of drug-likeness (QED) is 0.767. The molecular weight excluding hydrogens is 242 g/mol. The molecule has 0 spiro atoms. The summed E-state index contributed by atoms with van der Waals surface area (Å²) in [6, 6.07) is 5.52. The third kappa shape index (κ3) is 4.35. The summed E-state index contributed by atoms with van der Waals surface area (Å²) in [6.07, 6.45) is 0.336. The molecule has 1 unspecified atom stereocenters. The number of hydrogen-bond donors (Lipinski definition) is 2. The third-order valence-corrected chi connectivity index (χ3v) is 2.74. The third-order valence-electron chi connectivity index (χ3n) is 2.74. The van der Waals surface area contributed by atoms with Crippen molar-refractivity contribution in [2.45, 2.75) is 26.4 Å². The summed E-state index contributed by atoms with van der Waals surface area (Å²) in [4.78, 5) is 13.7. The molecule has 0 fully saturated rings. The lowest BCUT2D eigenvalue weighted by atomic mass is 10.2. The Kier molecular flexibility index (Phi) is 5.48. The van der Waals surface area contributed by atoms with E-state index in [9.17, 15) is 4.79 Å². The molecule has 0 radical (unpaired) electrons. The van der Waals surface area contributed by atoms with Gasteiger partial charge in [0.2, 0.25) is 0 Å². The van der Waals surface area contributed by atoms with Crippen molar-refractivity contribution in [3.63, 3.8) is 0 Å². The molecule has 19 heavy (non-hydrogen) atoms. The van der Waals surface area contributed by atoms with Gasteiger partial charge in [0.25, 0.3) is 5.91 Å². The Bertz CT molecular complexity index is 433. The van der Waals surface area contributed by atoms with Crippen LogP contribution in [0.4, 0.5) is 11.4 Å². The summed E-state index contributed by atoms with van der Waals surface area (Å²) in [7, 11) is 3.87. The topological polar surface area (TPSA) is 67.6 Å². The van der Waals surface area contributed by atoms with E-state index in [1.54, 1.807) is 13.0 Å². The molecule has 5 nitrogen and oxygen atoms in total. The van der Waals surface area contributed by atoms with Crippen LogP contribution in [0.5, 0.6) is 5.75 Å². The van der Waals surface area contributed by atoms with Crippen molar-refractivity contribution in [1.29, 1.82) is 0 Å². The van der Waals surface area contributed by atoms with Crippen LogP contribution < -0.4 is 20.7 Å². The maximum Gasteiger partial charge on any atom is 0.260 e. The normalized spacial score (nSPS) is 11.8. The number of nitrogens with one attached hydrogen (secondary N) is 1. The molecule has 0 saturated carbocycles. The number of ether oxygens (including phenoxy) is 1. The first-order chi connectivity index (χ1) is 8.95. The molecule has 0 aliphatic heterocycles. The van der Waals surface area contributed by atoms with Crippen LogP contribution in [0.25, 0.3) is 0 Å². The van der Waals surface area contributed by atoms with Crippen molar-refractivity contribution in [2.75, 3.05) is 31.3 Å². The fourth-order valence-electron chi connectivity index (χ4n) is 1.54. The summed E-state index contributed by atoms with van der Waals surface area (Å²) >= 11 is 0. The zero-order valence-electron chi connectivity index (χ0n) is 12.1. The zero-order valence-corrected chi connectivity index (χ0v) is 12.1. The number of hydrogen-bond acceptors (Lipinski definition) is 4. The first-order valence-corrected chi connectivity index (χ1v) is 6.47. The highest BCUT2D eigenvalue weighted by molar-refractivity contribution is 5.81. The van der Waals surface area contributed by atoms with E-state index in [0.717, 1.165) is 12.1 Å². The average Bonchev–Trinajstić information content (AvgIpc) is 2.38. The van der Waals surface area contributed by atoms with Gasteiger partial charge in [0.05, 0.1) is 5.69 Å². The predicted molar refractivity (Wildman–Crippen MR) is 78.6 cm³/mol. The van der Waals surface area contributed by atoms with E-state index < -0.39 is 6.10 Å². The van der Waals surface area contributed by atoms with Gasteiger partial charge in [-0.05, 0) is 25.5 Å². The number of carbonyl (C=O) groups is 1. The molecule has 0 saturated heterocycles. The van der Waals surface area contributed by atoms with E-state index in [4.69, 9.17) is 10.5 Å². The smallest absolute Gasteiger partial charge is 0.260 e. The summed E-state index contributed by atoms with van der Waals surface area (Å²) in [5.74, 6) is 0.404. The van der Waals surface area contributed by atoms with Crippen molar-refractivity contribution < 1.29 is 9.53 Å². The molecule has 3 N–H and O–H groups in total. The summed E-state index contributed by atoms with van der Waals surface area (Å²) in [6.45, 7) is 4.37. The summed E-state index contributed by atoms with van der Waals surface area (Å²) < 4.78 is 5.63. The molecular formula is C14H23N3O2. The Morgan fingerprint density at radius 3 is 2.74 bits per heavy atom. The molecule has 1 rings (SSSR count). The Morgan fingerprint density at radius 1 is 1.47 bits per heavy atom. The lowest BCUT2D eigenvalue weighted by molar-refractivity contribution is -0.127. The molecule has 0 bridgehead atoms. The SMILES string of the molecule is CCCNC(=O)C(C)Oc1cc(N(C)C)ccc1N. The number of nitrogen functional groups attached to an aromatic ring is 1. The van der Waals surface area contributed by atoms with Crippen LogP contribution in [0, 0.1) is 0 Å². The number of amides is 1. The van der Waals surface area contributed by atoms with E-state index in [1.807, 2.05) is 38.1 Å². The van der Waals surface area contributed by atoms with Crippen molar-refractivity contribution in [1.82, 2.24) is 5.32 Å². The maximum absolute atomic E-state index is 11.7. The number of nitrogens with two attached hydrogens (primary N) is 1. The van der Waals surface area contributed by atoms with Crippen molar-refractivity contribution in [3.8, 4) is 5.75 Å². The lowest BCUT2D eigenvalue weighted by Gasteiger charge is -2.18. The van der Waals surface area contributed by atoms with Gasteiger partial charge < -0.3 is 20.7 Å². The average molecular weight is 265 g/mol. The molecule has 1 aromatic carbocycles. The van der Waals surface area contributed by atoms with E-state index in [0.29, 0.717) is 18.0 Å². The van der Waals surface area contributed by atoms with Gasteiger partial charge in [0, 0.05) is 32.4 Å². The highest BCUT2D eigenvalue weighted by atomic mass is 16.5. The first kappa shape index (κ1) is 15.1. The number of benzene rings is 1. The van der Waals surface area contributed by atoms with Gasteiger partial charge in [-0.3, -0.25) is 4.79 Å². The molecule has 106 valence electrons. The molecule has 1 atom stereocenters. The zero-order chi connectivity index (χ0) is 14.4. The standard InChI is InChI=1S/C14H23N3O2/c1-5-8-16-14(18)10(2)19-13-9-11(17(3)4)6-7-12(13)15/h6-7,9-10H,5,8,15H2,1-4H3,(H,16,18). The van der Waals surface area contributed by atoms with Crippen molar-refractivity contribution in [3.05, 3.63) is 18.2 Å². The Balaban J connectivity index is 2.75. The Morgan fingerprint density at radius 2 is 2.16 bits per heavy atom.